The SMILES string of the molecule is CC(=O)O.O=C(c1ccc(F)c(F)c1Nc1ccc(I)cc1F)N1CC(O)(CNC2CCCCCC2)C1. The van der Waals surface area contributed by atoms with E-state index in [0.29, 0.717) is 16.2 Å². The first-order valence-corrected chi connectivity index (χ1v) is 13.2. The van der Waals surface area contributed by atoms with Gasteiger partial charge in [0, 0.05) is 23.1 Å². The molecule has 2 aromatic carbocycles. The molecule has 0 bridgehead atoms. The predicted molar refractivity (Wildman–Crippen MR) is 142 cm³/mol. The van der Waals surface area contributed by atoms with Crippen LogP contribution in [0.5, 0.6) is 0 Å². The number of nitrogens with zero attached hydrogens (tertiary/aromatic N) is 1. The second kappa shape index (κ2) is 12.9. The summed E-state index contributed by atoms with van der Waals surface area (Å²) in [5.41, 5.74) is -1.67. The van der Waals surface area contributed by atoms with E-state index in [2.05, 4.69) is 10.6 Å². The molecule has 37 heavy (non-hydrogen) atoms. The van der Waals surface area contributed by atoms with Crippen LogP contribution in [0.25, 0.3) is 0 Å². The first-order chi connectivity index (χ1) is 17.5. The van der Waals surface area contributed by atoms with Crippen LogP contribution in [0.3, 0.4) is 0 Å². The topological polar surface area (TPSA) is 102 Å². The number of aliphatic carboxylic acids is 1. The molecule has 0 atom stereocenters. The third-order valence-corrected chi connectivity index (χ3v) is 7.02. The number of carboxylic acids is 1. The molecule has 0 unspecified atom stereocenters. The van der Waals surface area contributed by atoms with Crippen LogP contribution in [0.4, 0.5) is 24.5 Å². The summed E-state index contributed by atoms with van der Waals surface area (Å²) < 4.78 is 43.5. The molecule has 4 N–H and O–H groups in total. The van der Waals surface area contributed by atoms with Crippen LogP contribution in [0.1, 0.15) is 55.8 Å². The fourth-order valence-corrected chi connectivity index (χ4v) is 4.94. The lowest BCUT2D eigenvalue weighted by Gasteiger charge is -2.47. The summed E-state index contributed by atoms with van der Waals surface area (Å²) in [6.45, 7) is 1.63. The van der Waals surface area contributed by atoms with Gasteiger partial charge in [-0.15, -0.1) is 0 Å². The monoisotopic (exact) mass is 633 g/mol. The standard InChI is InChI=1S/C24H27F3IN3O2.C2H4O2/c25-18-9-8-17(22(21(18)27)30-20-10-7-15(28)11-19(20)26)23(32)31-13-24(33,14-31)12-29-16-5-3-1-2-4-6-16;1-2(3)4/h7-11,16,29-30,33H,1-6,12-14H2;1H3,(H,3,4). The van der Waals surface area contributed by atoms with Gasteiger partial charge in [-0.1, -0.05) is 25.7 Å². The second-order valence-electron chi connectivity index (χ2n) is 9.51. The number of hydrogen-bond donors (Lipinski definition) is 4. The lowest BCUT2D eigenvalue weighted by atomic mass is 9.92. The van der Waals surface area contributed by atoms with E-state index in [1.165, 1.54) is 48.8 Å². The number of halogens is 4. The van der Waals surface area contributed by atoms with Gasteiger partial charge in [0.1, 0.15) is 11.4 Å². The average molecular weight is 633 g/mol. The summed E-state index contributed by atoms with van der Waals surface area (Å²) in [7, 11) is 0. The quantitative estimate of drug-likeness (QED) is 0.263. The first-order valence-electron chi connectivity index (χ1n) is 12.1. The Balaban J connectivity index is 0.000000886. The maximum absolute atomic E-state index is 14.6. The van der Waals surface area contributed by atoms with Crippen molar-refractivity contribution in [2.75, 3.05) is 25.0 Å². The van der Waals surface area contributed by atoms with Gasteiger partial charge in [0.15, 0.2) is 11.6 Å². The van der Waals surface area contributed by atoms with Gasteiger partial charge in [-0.05, 0) is 65.8 Å². The van der Waals surface area contributed by atoms with Crippen molar-refractivity contribution in [2.24, 2.45) is 0 Å². The minimum atomic E-state index is -1.26. The van der Waals surface area contributed by atoms with E-state index in [1.54, 1.807) is 6.07 Å². The highest BCUT2D eigenvalue weighted by Gasteiger charge is 2.44. The molecule has 0 aromatic heterocycles. The number of amides is 1. The molecule has 0 spiro atoms. The molecular formula is C26H31F3IN3O4. The van der Waals surface area contributed by atoms with Crippen molar-refractivity contribution in [3.8, 4) is 0 Å². The first kappa shape index (κ1) is 29.2. The van der Waals surface area contributed by atoms with Crippen molar-refractivity contribution in [2.45, 2.75) is 57.1 Å². The normalized spacial score (nSPS) is 17.2. The number of β-amino-alcohol motifs (C(OH)–C–C–N with tert-alkyl or cyclic N) is 1. The van der Waals surface area contributed by atoms with E-state index in [0.717, 1.165) is 25.8 Å². The Hall–Kier alpha value is -2.38. The van der Waals surface area contributed by atoms with E-state index in [1.807, 2.05) is 22.6 Å². The van der Waals surface area contributed by atoms with E-state index in [4.69, 9.17) is 9.90 Å². The van der Waals surface area contributed by atoms with E-state index >= 15 is 0 Å². The van der Waals surface area contributed by atoms with Crippen molar-refractivity contribution >= 4 is 45.8 Å². The maximum Gasteiger partial charge on any atom is 0.300 e. The summed E-state index contributed by atoms with van der Waals surface area (Å²) in [5, 5.41) is 24.2. The van der Waals surface area contributed by atoms with Gasteiger partial charge in [0.25, 0.3) is 11.9 Å². The van der Waals surface area contributed by atoms with Crippen molar-refractivity contribution < 1.29 is 33.0 Å². The molecule has 2 aromatic rings. The summed E-state index contributed by atoms with van der Waals surface area (Å²) in [6.07, 6.45) is 6.99. The van der Waals surface area contributed by atoms with Crippen molar-refractivity contribution in [3.05, 3.63) is 56.9 Å². The van der Waals surface area contributed by atoms with Gasteiger partial charge in [-0.25, -0.2) is 13.2 Å². The Morgan fingerprint density at radius 1 is 1.05 bits per heavy atom. The lowest BCUT2D eigenvalue weighted by Crippen LogP contribution is -2.67. The summed E-state index contributed by atoms with van der Waals surface area (Å²) in [5.74, 6) is -4.44. The van der Waals surface area contributed by atoms with Crippen LogP contribution in [-0.2, 0) is 4.79 Å². The van der Waals surface area contributed by atoms with Gasteiger partial charge in [-0.3, -0.25) is 9.59 Å². The molecule has 11 heteroatoms. The highest BCUT2D eigenvalue weighted by molar-refractivity contribution is 14.1. The number of carbonyl (C=O) groups is 2. The number of carbonyl (C=O) groups excluding carboxylic acids is 1. The number of likely N-dealkylation sites (tertiary alicyclic amines) is 1. The number of hydrogen-bond acceptors (Lipinski definition) is 5. The number of benzene rings is 2. The lowest BCUT2D eigenvalue weighted by molar-refractivity contribution is -0.134. The molecule has 202 valence electrons. The average Bonchev–Trinajstić information content (AvgIpc) is 3.09. The zero-order valence-electron chi connectivity index (χ0n) is 20.5. The summed E-state index contributed by atoms with van der Waals surface area (Å²) in [4.78, 5) is 23.4. The highest BCUT2D eigenvalue weighted by atomic mass is 127. The van der Waals surface area contributed by atoms with Gasteiger partial charge in [-0.2, -0.15) is 0 Å². The van der Waals surface area contributed by atoms with Crippen LogP contribution in [0.2, 0.25) is 0 Å². The summed E-state index contributed by atoms with van der Waals surface area (Å²) in [6, 6.07) is 6.68. The third-order valence-electron chi connectivity index (χ3n) is 6.35. The number of anilines is 2. The molecule has 1 aliphatic carbocycles. The summed E-state index contributed by atoms with van der Waals surface area (Å²) >= 11 is 1.94. The number of carboxylic acid groups (broad SMARTS) is 1. The van der Waals surface area contributed by atoms with E-state index in [-0.39, 0.29) is 24.3 Å². The smallest absolute Gasteiger partial charge is 0.300 e. The van der Waals surface area contributed by atoms with E-state index < -0.39 is 40.6 Å². The van der Waals surface area contributed by atoms with Crippen LogP contribution >= 0.6 is 22.6 Å². The van der Waals surface area contributed by atoms with Crippen LogP contribution < -0.4 is 10.6 Å². The molecule has 1 heterocycles. The van der Waals surface area contributed by atoms with E-state index in [9.17, 15) is 23.1 Å². The molecule has 2 fully saturated rings. The molecule has 7 nitrogen and oxygen atoms in total. The molecular weight excluding hydrogens is 602 g/mol. The molecule has 1 saturated carbocycles. The van der Waals surface area contributed by atoms with Crippen molar-refractivity contribution in [3.63, 3.8) is 0 Å². The fourth-order valence-electron chi connectivity index (χ4n) is 4.48. The molecule has 1 aliphatic heterocycles. The molecule has 1 saturated heterocycles. The fraction of sp³-hybridized carbons (Fsp3) is 0.462. The van der Waals surface area contributed by atoms with Gasteiger partial charge >= 0.3 is 0 Å². The Kier molecular flexibility index (Phi) is 10.2. The highest BCUT2D eigenvalue weighted by Crippen LogP contribution is 2.32. The molecule has 2 aliphatic rings. The number of nitrogens with one attached hydrogen (secondary N) is 2. The molecule has 1 amide bonds. The zero-order chi connectivity index (χ0) is 27.2. The Labute approximate surface area is 227 Å². The number of rotatable bonds is 6. The van der Waals surface area contributed by atoms with Crippen LogP contribution in [0, 0.1) is 21.0 Å². The maximum atomic E-state index is 14.6. The Morgan fingerprint density at radius 2 is 1.68 bits per heavy atom. The van der Waals surface area contributed by atoms with Gasteiger partial charge < -0.3 is 25.7 Å². The third kappa shape index (κ3) is 8.05. The van der Waals surface area contributed by atoms with Gasteiger partial charge in [0.2, 0.25) is 0 Å². The second-order valence-corrected chi connectivity index (χ2v) is 10.8. The molecule has 0 radical (unpaired) electrons. The number of aliphatic hydroxyl groups is 1. The van der Waals surface area contributed by atoms with Crippen molar-refractivity contribution in [1.29, 1.82) is 0 Å². The molecule has 4 rings (SSSR count). The van der Waals surface area contributed by atoms with Crippen LogP contribution in [-0.4, -0.2) is 58.3 Å². The van der Waals surface area contributed by atoms with Crippen LogP contribution in [0.15, 0.2) is 30.3 Å². The minimum Gasteiger partial charge on any atom is -0.481 e. The van der Waals surface area contributed by atoms with Crippen molar-refractivity contribution in [1.82, 2.24) is 10.2 Å². The largest absolute Gasteiger partial charge is 0.481 e. The minimum absolute atomic E-state index is 0.0679. The predicted octanol–water partition coefficient (Wildman–Crippen LogP) is 5.04. The van der Waals surface area contributed by atoms with Gasteiger partial charge in [0.05, 0.1) is 30.0 Å². The Bertz CT molecular complexity index is 1120. The zero-order valence-corrected chi connectivity index (χ0v) is 22.7. The Morgan fingerprint density at radius 3 is 2.27 bits per heavy atom.